The van der Waals surface area contributed by atoms with Gasteiger partial charge in [-0.1, -0.05) is 6.92 Å². The molecule has 0 aromatic carbocycles. The standard InChI is InChI=1S/C10H19NO3/c1-7(6-9(13)14)5-8(12)11-10(2,3)4/h7H,5-6H2,1-4H3,(H,11,12)(H,13,14). The molecule has 0 aliphatic carbocycles. The van der Waals surface area contributed by atoms with Gasteiger partial charge in [-0.25, -0.2) is 0 Å². The van der Waals surface area contributed by atoms with Crippen LogP contribution < -0.4 is 5.32 Å². The summed E-state index contributed by atoms with van der Waals surface area (Å²) in [6.07, 6.45) is 0.307. The highest BCUT2D eigenvalue weighted by Crippen LogP contribution is 2.08. The van der Waals surface area contributed by atoms with Crippen molar-refractivity contribution in [3.63, 3.8) is 0 Å². The molecule has 0 fully saturated rings. The van der Waals surface area contributed by atoms with Crippen LogP contribution in [0.2, 0.25) is 0 Å². The van der Waals surface area contributed by atoms with E-state index < -0.39 is 5.97 Å². The first-order valence-corrected chi connectivity index (χ1v) is 4.73. The van der Waals surface area contributed by atoms with Crippen molar-refractivity contribution in [2.45, 2.75) is 46.1 Å². The van der Waals surface area contributed by atoms with Crippen molar-refractivity contribution in [3.05, 3.63) is 0 Å². The summed E-state index contributed by atoms with van der Waals surface area (Å²) in [5, 5.41) is 11.3. The summed E-state index contributed by atoms with van der Waals surface area (Å²) in [5.74, 6) is -1.07. The smallest absolute Gasteiger partial charge is 0.303 e. The number of carbonyl (C=O) groups excluding carboxylic acids is 1. The summed E-state index contributed by atoms with van der Waals surface area (Å²) < 4.78 is 0. The van der Waals surface area contributed by atoms with Crippen LogP contribution in [0.3, 0.4) is 0 Å². The molecule has 0 radical (unpaired) electrons. The fourth-order valence-corrected chi connectivity index (χ4v) is 1.16. The van der Waals surface area contributed by atoms with E-state index in [1.807, 2.05) is 20.8 Å². The van der Waals surface area contributed by atoms with Crippen molar-refractivity contribution in [2.24, 2.45) is 5.92 Å². The molecule has 0 aromatic heterocycles. The van der Waals surface area contributed by atoms with Gasteiger partial charge in [0.05, 0.1) is 0 Å². The van der Waals surface area contributed by atoms with Gasteiger partial charge in [0.15, 0.2) is 0 Å². The van der Waals surface area contributed by atoms with E-state index in [4.69, 9.17) is 5.11 Å². The van der Waals surface area contributed by atoms with E-state index in [1.54, 1.807) is 6.92 Å². The zero-order valence-electron chi connectivity index (χ0n) is 9.26. The average Bonchev–Trinajstić information content (AvgIpc) is 1.77. The van der Waals surface area contributed by atoms with Gasteiger partial charge in [0.25, 0.3) is 0 Å². The molecule has 4 nitrogen and oxygen atoms in total. The lowest BCUT2D eigenvalue weighted by Crippen LogP contribution is -2.41. The van der Waals surface area contributed by atoms with E-state index in [1.165, 1.54) is 0 Å². The number of hydrogen-bond donors (Lipinski definition) is 2. The Morgan fingerprint density at radius 3 is 2.14 bits per heavy atom. The van der Waals surface area contributed by atoms with Crippen molar-refractivity contribution in [3.8, 4) is 0 Å². The molecule has 0 aliphatic heterocycles. The summed E-state index contributed by atoms with van der Waals surface area (Å²) in [4.78, 5) is 21.7. The molecule has 0 heterocycles. The highest BCUT2D eigenvalue weighted by atomic mass is 16.4. The number of nitrogens with one attached hydrogen (secondary N) is 1. The second-order valence-corrected chi connectivity index (χ2v) is 4.71. The molecule has 0 saturated heterocycles. The van der Waals surface area contributed by atoms with Gasteiger partial charge in [0.1, 0.15) is 0 Å². The van der Waals surface area contributed by atoms with E-state index in [2.05, 4.69) is 5.32 Å². The minimum Gasteiger partial charge on any atom is -0.481 e. The summed E-state index contributed by atoms with van der Waals surface area (Å²) >= 11 is 0. The lowest BCUT2D eigenvalue weighted by molar-refractivity contribution is -0.138. The Morgan fingerprint density at radius 2 is 1.79 bits per heavy atom. The molecule has 0 aromatic rings. The van der Waals surface area contributed by atoms with Crippen molar-refractivity contribution >= 4 is 11.9 Å². The van der Waals surface area contributed by atoms with Gasteiger partial charge in [-0.3, -0.25) is 9.59 Å². The maximum absolute atomic E-state index is 11.3. The number of aliphatic carboxylic acids is 1. The van der Waals surface area contributed by atoms with E-state index in [0.29, 0.717) is 0 Å². The molecular formula is C10H19NO3. The predicted octanol–water partition coefficient (Wildman–Crippen LogP) is 1.40. The van der Waals surface area contributed by atoms with Crippen LogP contribution in [0.1, 0.15) is 40.5 Å². The van der Waals surface area contributed by atoms with Crippen molar-refractivity contribution in [1.29, 1.82) is 0 Å². The molecule has 82 valence electrons. The average molecular weight is 201 g/mol. The fourth-order valence-electron chi connectivity index (χ4n) is 1.16. The van der Waals surface area contributed by atoms with Crippen LogP contribution in [-0.4, -0.2) is 22.5 Å². The second kappa shape index (κ2) is 4.98. The highest BCUT2D eigenvalue weighted by Gasteiger charge is 2.17. The molecule has 4 heteroatoms. The van der Waals surface area contributed by atoms with Gasteiger partial charge in [-0.05, 0) is 26.7 Å². The molecule has 0 aliphatic rings. The van der Waals surface area contributed by atoms with Crippen LogP contribution in [0.15, 0.2) is 0 Å². The number of rotatable bonds is 4. The number of carboxylic acid groups (broad SMARTS) is 1. The van der Waals surface area contributed by atoms with Crippen molar-refractivity contribution in [1.82, 2.24) is 5.32 Å². The Kier molecular flexibility index (Phi) is 4.60. The third kappa shape index (κ3) is 7.58. The van der Waals surface area contributed by atoms with Gasteiger partial charge in [0.2, 0.25) is 5.91 Å². The van der Waals surface area contributed by atoms with Gasteiger partial charge in [0, 0.05) is 18.4 Å². The molecule has 0 rings (SSSR count). The fraction of sp³-hybridized carbons (Fsp3) is 0.800. The van der Waals surface area contributed by atoms with Gasteiger partial charge in [-0.15, -0.1) is 0 Å². The van der Waals surface area contributed by atoms with E-state index in [9.17, 15) is 9.59 Å². The Balaban J connectivity index is 3.89. The topological polar surface area (TPSA) is 66.4 Å². The maximum Gasteiger partial charge on any atom is 0.303 e. The van der Waals surface area contributed by atoms with Crippen molar-refractivity contribution < 1.29 is 14.7 Å². The molecule has 1 unspecified atom stereocenters. The quantitative estimate of drug-likeness (QED) is 0.722. The number of carboxylic acids is 1. The van der Waals surface area contributed by atoms with Crippen LogP contribution in [0, 0.1) is 5.92 Å². The van der Waals surface area contributed by atoms with Crippen LogP contribution >= 0.6 is 0 Å². The maximum atomic E-state index is 11.3. The SMILES string of the molecule is CC(CC(=O)O)CC(=O)NC(C)(C)C. The van der Waals surface area contributed by atoms with Gasteiger partial charge in [-0.2, -0.15) is 0 Å². The third-order valence-electron chi connectivity index (χ3n) is 1.57. The Hall–Kier alpha value is -1.06. The Labute approximate surface area is 84.7 Å². The third-order valence-corrected chi connectivity index (χ3v) is 1.57. The highest BCUT2D eigenvalue weighted by molar-refractivity contribution is 5.77. The summed E-state index contributed by atoms with van der Waals surface area (Å²) in [7, 11) is 0. The minimum absolute atomic E-state index is 0.0392. The van der Waals surface area contributed by atoms with Crippen LogP contribution in [0.25, 0.3) is 0 Å². The summed E-state index contributed by atoms with van der Waals surface area (Å²) in [6.45, 7) is 7.45. The largest absolute Gasteiger partial charge is 0.481 e. The van der Waals surface area contributed by atoms with Crippen LogP contribution in [0.4, 0.5) is 0 Å². The van der Waals surface area contributed by atoms with E-state index in [0.717, 1.165) is 0 Å². The molecule has 14 heavy (non-hydrogen) atoms. The van der Waals surface area contributed by atoms with Gasteiger partial charge < -0.3 is 10.4 Å². The minimum atomic E-state index is -0.860. The molecule has 0 saturated carbocycles. The first kappa shape index (κ1) is 12.9. The zero-order chi connectivity index (χ0) is 11.4. The number of carbonyl (C=O) groups is 2. The first-order chi connectivity index (χ1) is 6.20. The molecule has 1 atom stereocenters. The Morgan fingerprint density at radius 1 is 1.29 bits per heavy atom. The normalized spacial score (nSPS) is 13.4. The van der Waals surface area contributed by atoms with Crippen LogP contribution in [0.5, 0.6) is 0 Å². The summed E-state index contributed by atoms with van der Waals surface area (Å²) in [5.41, 5.74) is -0.250. The monoisotopic (exact) mass is 201 g/mol. The lowest BCUT2D eigenvalue weighted by Gasteiger charge is -2.21. The molecule has 2 N–H and O–H groups in total. The molecular weight excluding hydrogens is 182 g/mol. The Bertz CT molecular complexity index is 218. The van der Waals surface area contributed by atoms with E-state index in [-0.39, 0.29) is 30.2 Å². The van der Waals surface area contributed by atoms with E-state index >= 15 is 0 Å². The predicted molar refractivity (Wildman–Crippen MR) is 53.9 cm³/mol. The van der Waals surface area contributed by atoms with Crippen molar-refractivity contribution in [2.75, 3.05) is 0 Å². The molecule has 0 spiro atoms. The number of amides is 1. The number of hydrogen-bond acceptors (Lipinski definition) is 2. The van der Waals surface area contributed by atoms with Gasteiger partial charge >= 0.3 is 5.97 Å². The lowest BCUT2D eigenvalue weighted by atomic mass is 10.0. The van der Waals surface area contributed by atoms with Crippen LogP contribution in [-0.2, 0) is 9.59 Å². The molecule has 0 bridgehead atoms. The zero-order valence-corrected chi connectivity index (χ0v) is 9.26. The molecule has 1 amide bonds. The summed E-state index contributed by atoms with van der Waals surface area (Å²) in [6, 6.07) is 0. The second-order valence-electron chi connectivity index (χ2n) is 4.71. The first-order valence-electron chi connectivity index (χ1n) is 4.73.